The van der Waals surface area contributed by atoms with Gasteiger partial charge in [0.15, 0.2) is 5.65 Å². The maximum absolute atomic E-state index is 6.29. The molecule has 0 spiro atoms. The van der Waals surface area contributed by atoms with Crippen molar-refractivity contribution in [2.24, 2.45) is 5.73 Å². The van der Waals surface area contributed by atoms with Crippen LogP contribution in [-0.2, 0) is 6.42 Å². The summed E-state index contributed by atoms with van der Waals surface area (Å²) in [5.41, 5.74) is 10.9. The van der Waals surface area contributed by atoms with Crippen LogP contribution < -0.4 is 5.73 Å². The van der Waals surface area contributed by atoms with Crippen molar-refractivity contribution in [1.29, 1.82) is 0 Å². The first-order chi connectivity index (χ1) is 11.7. The summed E-state index contributed by atoms with van der Waals surface area (Å²) in [6.07, 6.45) is 6.03. The number of nitrogens with one attached hydrogen (secondary N) is 2. The van der Waals surface area contributed by atoms with Crippen molar-refractivity contribution >= 4 is 22.8 Å². The van der Waals surface area contributed by atoms with Crippen molar-refractivity contribution in [3.05, 3.63) is 65.3 Å². The van der Waals surface area contributed by atoms with Gasteiger partial charge in [-0.1, -0.05) is 23.7 Å². The zero-order valence-corrected chi connectivity index (χ0v) is 13.5. The smallest absolute Gasteiger partial charge is 0.177 e. The quantitative estimate of drug-likeness (QED) is 0.532. The number of fused-ring (bicyclic) bond motifs is 1. The maximum atomic E-state index is 6.29. The molecule has 120 valence electrons. The number of benzene rings is 1. The van der Waals surface area contributed by atoms with Gasteiger partial charge in [0.2, 0.25) is 0 Å². The summed E-state index contributed by atoms with van der Waals surface area (Å²) in [6, 6.07) is 9.43. The third kappa shape index (κ3) is 2.89. The van der Waals surface area contributed by atoms with E-state index in [1.807, 2.05) is 36.5 Å². The zero-order valence-electron chi connectivity index (χ0n) is 12.7. The van der Waals surface area contributed by atoms with Crippen LogP contribution in [-0.4, -0.2) is 25.1 Å². The molecule has 0 fully saturated rings. The second-order valence-electron chi connectivity index (χ2n) is 5.64. The predicted octanol–water partition coefficient (Wildman–Crippen LogP) is 3.24. The molecule has 1 atom stereocenters. The number of imidazole rings is 1. The van der Waals surface area contributed by atoms with Gasteiger partial charge in [-0.3, -0.25) is 5.10 Å². The molecule has 0 aliphatic rings. The number of aromatic nitrogens is 5. The van der Waals surface area contributed by atoms with E-state index >= 15 is 0 Å². The third-order valence-electron chi connectivity index (χ3n) is 3.91. The van der Waals surface area contributed by atoms with Crippen LogP contribution in [0, 0.1) is 0 Å². The van der Waals surface area contributed by atoms with Crippen LogP contribution in [0.4, 0.5) is 0 Å². The second kappa shape index (κ2) is 6.07. The summed E-state index contributed by atoms with van der Waals surface area (Å²) in [7, 11) is 0. The number of hydrogen-bond acceptors (Lipinski definition) is 4. The van der Waals surface area contributed by atoms with Crippen molar-refractivity contribution in [2.45, 2.75) is 12.5 Å². The average Bonchev–Trinajstić information content (AvgIpc) is 3.25. The first-order valence-corrected chi connectivity index (χ1v) is 7.91. The Morgan fingerprint density at radius 3 is 2.71 bits per heavy atom. The average molecular weight is 339 g/mol. The highest BCUT2D eigenvalue weighted by molar-refractivity contribution is 6.30. The van der Waals surface area contributed by atoms with Gasteiger partial charge in [0.25, 0.3) is 0 Å². The second-order valence-corrected chi connectivity index (χ2v) is 6.08. The number of H-pyrrole nitrogens is 2. The molecule has 0 bridgehead atoms. The van der Waals surface area contributed by atoms with E-state index in [1.165, 1.54) is 0 Å². The summed E-state index contributed by atoms with van der Waals surface area (Å²) in [5, 5.41) is 7.47. The van der Waals surface area contributed by atoms with Gasteiger partial charge in [0.05, 0.1) is 17.8 Å². The Bertz CT molecular complexity index is 959. The molecule has 1 aromatic carbocycles. The molecule has 0 aliphatic carbocycles. The van der Waals surface area contributed by atoms with Crippen molar-refractivity contribution in [3.8, 4) is 11.1 Å². The minimum Gasteiger partial charge on any atom is -0.339 e. The molecule has 0 saturated carbocycles. The number of hydrogen-bond donors (Lipinski definition) is 3. The van der Waals surface area contributed by atoms with Crippen LogP contribution in [0.5, 0.6) is 0 Å². The molecule has 0 aliphatic heterocycles. The van der Waals surface area contributed by atoms with Crippen molar-refractivity contribution < 1.29 is 0 Å². The Kier molecular flexibility index (Phi) is 3.76. The fourth-order valence-corrected chi connectivity index (χ4v) is 2.76. The maximum Gasteiger partial charge on any atom is 0.177 e. The van der Waals surface area contributed by atoms with E-state index in [4.69, 9.17) is 17.3 Å². The summed E-state index contributed by atoms with van der Waals surface area (Å²) < 4.78 is 0. The van der Waals surface area contributed by atoms with Gasteiger partial charge in [-0.15, -0.1) is 0 Å². The largest absolute Gasteiger partial charge is 0.339 e. The molecular formula is C17H15ClN6. The summed E-state index contributed by atoms with van der Waals surface area (Å²) in [6.45, 7) is 0. The predicted molar refractivity (Wildman–Crippen MR) is 93.6 cm³/mol. The number of nitrogens with two attached hydrogens (primary N) is 1. The Labute approximate surface area is 143 Å². The third-order valence-corrected chi connectivity index (χ3v) is 4.16. The SMILES string of the molecule is N[C@H](Cc1ccc(Cl)cc1)c1nc2ncc(-c3cn[nH]c3)cc2[nH]1. The topological polar surface area (TPSA) is 96.3 Å². The summed E-state index contributed by atoms with van der Waals surface area (Å²) >= 11 is 5.91. The van der Waals surface area contributed by atoms with Crippen LogP contribution in [0.25, 0.3) is 22.3 Å². The van der Waals surface area contributed by atoms with Crippen LogP contribution >= 0.6 is 11.6 Å². The molecule has 6 nitrogen and oxygen atoms in total. The van der Waals surface area contributed by atoms with Crippen molar-refractivity contribution in [2.75, 3.05) is 0 Å². The minimum absolute atomic E-state index is 0.238. The van der Waals surface area contributed by atoms with Gasteiger partial charge in [-0.2, -0.15) is 5.10 Å². The molecule has 0 radical (unpaired) electrons. The van der Waals surface area contributed by atoms with Crippen LogP contribution in [0.3, 0.4) is 0 Å². The van der Waals surface area contributed by atoms with Crippen molar-refractivity contribution in [1.82, 2.24) is 25.1 Å². The Hall–Kier alpha value is -2.70. The van der Waals surface area contributed by atoms with E-state index in [9.17, 15) is 0 Å². The van der Waals surface area contributed by atoms with Gasteiger partial charge in [-0.25, -0.2) is 9.97 Å². The standard InChI is InChI=1S/C17H15ClN6/c18-13-3-1-10(2-4-13)5-14(19)16-23-15-6-11(7-20-17(15)24-16)12-8-21-22-9-12/h1-4,6-9,14H,5,19H2,(H,21,22)(H,20,23,24)/t14-/m1/s1. The van der Waals surface area contributed by atoms with Crippen LogP contribution in [0.1, 0.15) is 17.4 Å². The number of halogens is 1. The summed E-state index contributed by atoms with van der Waals surface area (Å²) in [5.74, 6) is 0.719. The monoisotopic (exact) mass is 338 g/mol. The summed E-state index contributed by atoms with van der Waals surface area (Å²) in [4.78, 5) is 12.2. The lowest BCUT2D eigenvalue weighted by Gasteiger charge is -2.08. The number of pyridine rings is 1. The highest BCUT2D eigenvalue weighted by Gasteiger charge is 2.13. The molecule has 0 amide bonds. The van der Waals surface area contributed by atoms with Gasteiger partial charge in [0.1, 0.15) is 5.82 Å². The Morgan fingerprint density at radius 2 is 1.96 bits per heavy atom. The molecular weight excluding hydrogens is 324 g/mol. The van der Waals surface area contributed by atoms with Crippen LogP contribution in [0.15, 0.2) is 48.9 Å². The van der Waals surface area contributed by atoms with E-state index in [0.717, 1.165) is 28.0 Å². The lowest BCUT2D eigenvalue weighted by atomic mass is 10.1. The number of aromatic amines is 2. The van der Waals surface area contributed by atoms with E-state index in [-0.39, 0.29) is 6.04 Å². The fraction of sp³-hybridized carbons (Fsp3) is 0.118. The number of nitrogens with zero attached hydrogens (tertiary/aromatic N) is 3. The molecule has 4 rings (SSSR count). The lowest BCUT2D eigenvalue weighted by molar-refractivity contribution is 0.680. The molecule has 4 N–H and O–H groups in total. The molecule has 7 heteroatoms. The van der Waals surface area contributed by atoms with Gasteiger partial charge >= 0.3 is 0 Å². The van der Waals surface area contributed by atoms with Gasteiger partial charge in [-0.05, 0) is 30.2 Å². The molecule has 0 unspecified atom stereocenters. The highest BCUT2D eigenvalue weighted by atomic mass is 35.5. The van der Waals surface area contributed by atoms with E-state index in [0.29, 0.717) is 17.1 Å². The highest BCUT2D eigenvalue weighted by Crippen LogP contribution is 2.22. The minimum atomic E-state index is -0.238. The Balaban J connectivity index is 1.61. The number of rotatable bonds is 4. The first-order valence-electron chi connectivity index (χ1n) is 7.54. The molecule has 3 aromatic heterocycles. The van der Waals surface area contributed by atoms with Crippen LogP contribution in [0.2, 0.25) is 5.02 Å². The van der Waals surface area contributed by atoms with Crippen molar-refractivity contribution in [3.63, 3.8) is 0 Å². The van der Waals surface area contributed by atoms with E-state index < -0.39 is 0 Å². The molecule has 24 heavy (non-hydrogen) atoms. The lowest BCUT2D eigenvalue weighted by Crippen LogP contribution is -2.14. The molecule has 0 saturated heterocycles. The zero-order chi connectivity index (χ0) is 16.5. The molecule has 3 heterocycles. The van der Waals surface area contributed by atoms with E-state index in [2.05, 4.69) is 25.1 Å². The normalized spacial score (nSPS) is 12.6. The Morgan fingerprint density at radius 1 is 1.12 bits per heavy atom. The van der Waals surface area contributed by atoms with E-state index in [1.54, 1.807) is 12.4 Å². The van der Waals surface area contributed by atoms with Gasteiger partial charge in [0, 0.05) is 28.5 Å². The molecule has 4 aromatic rings. The fourth-order valence-electron chi connectivity index (χ4n) is 2.63. The van der Waals surface area contributed by atoms with Gasteiger partial charge < -0.3 is 10.7 Å². The first kappa shape index (κ1) is 14.9.